The number of amides is 1. The van der Waals surface area contributed by atoms with Crippen LogP contribution in [0.4, 0.5) is 8.78 Å². The Balaban J connectivity index is 2.56. The highest BCUT2D eigenvalue weighted by molar-refractivity contribution is 5.80. The lowest BCUT2D eigenvalue weighted by Crippen LogP contribution is -2.30. The molecule has 4 nitrogen and oxygen atoms in total. The predicted octanol–water partition coefficient (Wildman–Crippen LogP) is 2.89. The summed E-state index contributed by atoms with van der Waals surface area (Å²) in [5, 5.41) is 0. The maximum Gasteiger partial charge on any atom is 0.258 e. The maximum atomic E-state index is 13.8. The van der Waals surface area contributed by atoms with E-state index in [1.807, 2.05) is 0 Å². The maximum absolute atomic E-state index is 13.8. The Kier molecular flexibility index (Phi) is 4.60. The molecule has 2 aromatic carbocycles. The largest absolute Gasteiger partial charge is 0.493 e. The van der Waals surface area contributed by atoms with Gasteiger partial charge in [-0.25, -0.2) is 8.78 Å². The van der Waals surface area contributed by atoms with Crippen LogP contribution in [0.3, 0.4) is 0 Å². The van der Waals surface area contributed by atoms with Gasteiger partial charge in [0, 0.05) is 17.2 Å². The monoisotopic (exact) mass is 307 g/mol. The fourth-order valence-corrected chi connectivity index (χ4v) is 2.01. The van der Waals surface area contributed by atoms with E-state index in [4.69, 9.17) is 15.2 Å². The van der Waals surface area contributed by atoms with Gasteiger partial charge < -0.3 is 15.2 Å². The van der Waals surface area contributed by atoms with Gasteiger partial charge in [-0.05, 0) is 19.1 Å². The number of carbonyl (C=O) groups excluding carboxylic acids is 1. The molecule has 0 spiro atoms. The number of halogens is 2. The molecule has 1 amide bonds. The molecule has 0 aromatic heterocycles. The van der Waals surface area contributed by atoms with Gasteiger partial charge in [0.2, 0.25) is 0 Å². The number of para-hydroxylation sites is 1. The molecule has 0 radical (unpaired) electrons. The van der Waals surface area contributed by atoms with Crippen molar-refractivity contribution in [2.45, 2.75) is 13.0 Å². The molecule has 0 aliphatic heterocycles. The third kappa shape index (κ3) is 3.16. The molecule has 0 aliphatic rings. The SMILES string of the molecule is COc1c(F)cc(F)cc1-c1ccccc1O[C@H](C)C(N)=O. The summed E-state index contributed by atoms with van der Waals surface area (Å²) in [5.41, 5.74) is 5.75. The normalized spacial score (nSPS) is 11.8. The zero-order valence-electron chi connectivity index (χ0n) is 12.1. The van der Waals surface area contributed by atoms with Crippen molar-refractivity contribution in [3.63, 3.8) is 0 Å². The fourth-order valence-electron chi connectivity index (χ4n) is 2.01. The zero-order valence-corrected chi connectivity index (χ0v) is 12.1. The highest BCUT2D eigenvalue weighted by Crippen LogP contribution is 2.38. The first-order chi connectivity index (χ1) is 10.4. The van der Waals surface area contributed by atoms with Gasteiger partial charge in [0.1, 0.15) is 11.6 Å². The van der Waals surface area contributed by atoms with Crippen molar-refractivity contribution >= 4 is 5.91 Å². The number of carbonyl (C=O) groups is 1. The van der Waals surface area contributed by atoms with Crippen LogP contribution in [0.1, 0.15) is 6.92 Å². The fraction of sp³-hybridized carbons (Fsp3) is 0.188. The summed E-state index contributed by atoms with van der Waals surface area (Å²) in [6.45, 7) is 1.49. The lowest BCUT2D eigenvalue weighted by atomic mass is 10.0. The Bertz CT molecular complexity index is 704. The number of methoxy groups -OCH3 is 1. The summed E-state index contributed by atoms with van der Waals surface area (Å²) < 4.78 is 37.9. The second-order valence-electron chi connectivity index (χ2n) is 4.63. The topological polar surface area (TPSA) is 61.6 Å². The van der Waals surface area contributed by atoms with Crippen molar-refractivity contribution in [3.05, 3.63) is 48.0 Å². The van der Waals surface area contributed by atoms with Crippen molar-refractivity contribution in [2.75, 3.05) is 7.11 Å². The summed E-state index contributed by atoms with van der Waals surface area (Å²) in [5.74, 6) is -2.05. The average Bonchev–Trinajstić information content (AvgIpc) is 2.47. The van der Waals surface area contributed by atoms with E-state index in [0.29, 0.717) is 5.56 Å². The van der Waals surface area contributed by atoms with Gasteiger partial charge in [-0.3, -0.25) is 4.79 Å². The number of ether oxygens (including phenoxy) is 2. The van der Waals surface area contributed by atoms with Gasteiger partial charge in [-0.1, -0.05) is 18.2 Å². The molecule has 0 saturated heterocycles. The number of hydrogen-bond acceptors (Lipinski definition) is 3. The highest BCUT2D eigenvalue weighted by Gasteiger charge is 2.19. The van der Waals surface area contributed by atoms with Crippen LogP contribution in [0.2, 0.25) is 0 Å². The highest BCUT2D eigenvalue weighted by atomic mass is 19.1. The number of primary amides is 1. The molecule has 2 rings (SSSR count). The number of hydrogen-bond donors (Lipinski definition) is 1. The van der Waals surface area contributed by atoms with Crippen molar-refractivity contribution in [1.82, 2.24) is 0 Å². The average molecular weight is 307 g/mol. The van der Waals surface area contributed by atoms with Crippen LogP contribution in [-0.4, -0.2) is 19.1 Å². The van der Waals surface area contributed by atoms with Crippen LogP contribution < -0.4 is 15.2 Å². The van der Waals surface area contributed by atoms with Crippen molar-refractivity contribution < 1.29 is 23.0 Å². The summed E-state index contributed by atoms with van der Waals surface area (Å²) in [6.07, 6.45) is -0.884. The number of benzene rings is 2. The molecular weight excluding hydrogens is 292 g/mol. The molecule has 0 unspecified atom stereocenters. The minimum Gasteiger partial charge on any atom is -0.493 e. The standard InChI is InChI=1S/C16H15F2NO3/c1-9(16(19)20)22-14-6-4-3-5-11(14)12-7-10(17)8-13(18)15(12)21-2/h3-9H,1-2H3,(H2,19,20)/t9-/m1/s1. The Morgan fingerprint density at radius 1 is 1.18 bits per heavy atom. The van der Waals surface area contributed by atoms with Crippen LogP contribution in [0.15, 0.2) is 36.4 Å². The van der Waals surface area contributed by atoms with E-state index in [9.17, 15) is 13.6 Å². The smallest absolute Gasteiger partial charge is 0.258 e. The van der Waals surface area contributed by atoms with E-state index in [1.54, 1.807) is 24.3 Å². The summed E-state index contributed by atoms with van der Waals surface area (Å²) >= 11 is 0. The van der Waals surface area contributed by atoms with Crippen molar-refractivity contribution in [2.24, 2.45) is 5.73 Å². The first-order valence-corrected chi connectivity index (χ1v) is 6.52. The van der Waals surface area contributed by atoms with Crippen molar-refractivity contribution in [3.8, 4) is 22.6 Å². The minimum atomic E-state index is -0.884. The molecule has 0 heterocycles. The van der Waals surface area contributed by atoms with Crippen LogP contribution in [-0.2, 0) is 4.79 Å². The van der Waals surface area contributed by atoms with E-state index in [1.165, 1.54) is 14.0 Å². The molecule has 6 heteroatoms. The second kappa shape index (κ2) is 6.43. The third-order valence-corrected chi connectivity index (χ3v) is 3.09. The molecule has 0 aliphatic carbocycles. The van der Waals surface area contributed by atoms with E-state index in [2.05, 4.69) is 0 Å². The molecule has 116 valence electrons. The lowest BCUT2D eigenvalue weighted by Gasteiger charge is -2.17. The van der Waals surface area contributed by atoms with Crippen LogP contribution in [0.5, 0.6) is 11.5 Å². The van der Waals surface area contributed by atoms with Crippen LogP contribution in [0.25, 0.3) is 11.1 Å². The van der Waals surface area contributed by atoms with E-state index in [-0.39, 0.29) is 17.1 Å². The molecule has 1 atom stereocenters. The van der Waals surface area contributed by atoms with Crippen LogP contribution in [0, 0.1) is 11.6 Å². The summed E-state index contributed by atoms with van der Waals surface area (Å²) in [4.78, 5) is 11.1. The Hall–Kier alpha value is -2.63. The Morgan fingerprint density at radius 3 is 2.50 bits per heavy atom. The van der Waals surface area contributed by atoms with E-state index < -0.39 is 23.6 Å². The second-order valence-corrected chi connectivity index (χ2v) is 4.63. The first kappa shape index (κ1) is 15.8. The van der Waals surface area contributed by atoms with Gasteiger partial charge in [0.25, 0.3) is 5.91 Å². The molecule has 2 aromatic rings. The molecule has 22 heavy (non-hydrogen) atoms. The van der Waals surface area contributed by atoms with Gasteiger partial charge in [0.05, 0.1) is 7.11 Å². The van der Waals surface area contributed by atoms with Gasteiger partial charge in [0.15, 0.2) is 17.7 Å². The van der Waals surface area contributed by atoms with Gasteiger partial charge in [-0.15, -0.1) is 0 Å². The molecule has 0 fully saturated rings. The van der Waals surface area contributed by atoms with E-state index in [0.717, 1.165) is 12.1 Å². The van der Waals surface area contributed by atoms with E-state index >= 15 is 0 Å². The molecule has 2 N–H and O–H groups in total. The summed E-state index contributed by atoms with van der Waals surface area (Å²) in [7, 11) is 1.29. The first-order valence-electron chi connectivity index (χ1n) is 6.52. The Labute approximate surface area is 126 Å². The number of rotatable bonds is 5. The van der Waals surface area contributed by atoms with Crippen molar-refractivity contribution in [1.29, 1.82) is 0 Å². The van der Waals surface area contributed by atoms with Crippen LogP contribution >= 0.6 is 0 Å². The zero-order chi connectivity index (χ0) is 16.3. The van der Waals surface area contributed by atoms with Gasteiger partial charge >= 0.3 is 0 Å². The summed E-state index contributed by atoms with van der Waals surface area (Å²) in [6, 6.07) is 8.42. The lowest BCUT2D eigenvalue weighted by molar-refractivity contribution is -0.123. The van der Waals surface area contributed by atoms with Gasteiger partial charge in [-0.2, -0.15) is 0 Å². The predicted molar refractivity (Wildman–Crippen MR) is 77.6 cm³/mol. The molecule has 0 bridgehead atoms. The quantitative estimate of drug-likeness (QED) is 0.924. The number of nitrogens with two attached hydrogens (primary N) is 1. The molecule has 0 saturated carbocycles. The Morgan fingerprint density at radius 2 is 1.86 bits per heavy atom. The molecular formula is C16H15F2NO3. The third-order valence-electron chi connectivity index (χ3n) is 3.09. The minimum absolute atomic E-state index is 0.107.